The van der Waals surface area contributed by atoms with Gasteiger partial charge in [-0.25, -0.2) is 8.42 Å². The van der Waals surface area contributed by atoms with Gasteiger partial charge < -0.3 is 14.8 Å². The van der Waals surface area contributed by atoms with Crippen LogP contribution in [0.2, 0.25) is 0 Å². The van der Waals surface area contributed by atoms with Gasteiger partial charge in [0.2, 0.25) is 0 Å². The van der Waals surface area contributed by atoms with Crippen molar-refractivity contribution in [2.75, 3.05) is 24.3 Å². The van der Waals surface area contributed by atoms with Crippen molar-refractivity contribution in [3.8, 4) is 11.5 Å². The Kier molecular flexibility index (Phi) is 5.36. The summed E-state index contributed by atoms with van der Waals surface area (Å²) in [5, 5.41) is 11.0. The highest BCUT2D eigenvalue weighted by molar-refractivity contribution is 7.92. The SMILES string of the molecule is COc1ccc(S(=O)(=O)Nc2ccc(NC(C)(C)C)nn2)cc1OC. The molecule has 0 unspecified atom stereocenters. The third kappa shape index (κ3) is 4.96. The number of nitrogens with zero attached hydrogens (tertiary/aromatic N) is 2. The number of nitrogens with one attached hydrogen (secondary N) is 2. The Hall–Kier alpha value is -2.55. The highest BCUT2D eigenvalue weighted by Crippen LogP contribution is 2.30. The lowest BCUT2D eigenvalue weighted by Crippen LogP contribution is -2.26. The Labute approximate surface area is 147 Å². The third-order valence-corrected chi connectivity index (χ3v) is 4.42. The van der Waals surface area contributed by atoms with Crippen LogP contribution in [0, 0.1) is 0 Å². The van der Waals surface area contributed by atoms with Gasteiger partial charge in [0.05, 0.1) is 19.1 Å². The van der Waals surface area contributed by atoms with Crippen LogP contribution in [0.25, 0.3) is 0 Å². The molecule has 9 heteroatoms. The van der Waals surface area contributed by atoms with Crippen molar-refractivity contribution < 1.29 is 17.9 Å². The van der Waals surface area contributed by atoms with Crippen molar-refractivity contribution in [1.29, 1.82) is 0 Å². The van der Waals surface area contributed by atoms with Gasteiger partial charge in [0, 0.05) is 11.6 Å². The second-order valence-electron chi connectivity index (χ2n) is 6.30. The van der Waals surface area contributed by atoms with Crippen LogP contribution in [-0.2, 0) is 10.0 Å². The molecular formula is C16H22N4O4S. The molecule has 25 heavy (non-hydrogen) atoms. The minimum Gasteiger partial charge on any atom is -0.493 e. The normalized spacial score (nSPS) is 11.7. The van der Waals surface area contributed by atoms with E-state index in [0.717, 1.165) is 0 Å². The maximum atomic E-state index is 12.5. The Morgan fingerprint density at radius 1 is 0.920 bits per heavy atom. The number of anilines is 2. The van der Waals surface area contributed by atoms with Crippen molar-refractivity contribution in [1.82, 2.24) is 10.2 Å². The van der Waals surface area contributed by atoms with Gasteiger partial charge in [0.25, 0.3) is 10.0 Å². The van der Waals surface area contributed by atoms with Crippen LogP contribution >= 0.6 is 0 Å². The molecule has 0 aliphatic heterocycles. The average molecular weight is 366 g/mol. The molecule has 0 bridgehead atoms. The van der Waals surface area contributed by atoms with Crippen LogP contribution in [0.5, 0.6) is 11.5 Å². The van der Waals surface area contributed by atoms with E-state index in [1.807, 2.05) is 20.8 Å². The molecule has 136 valence electrons. The van der Waals surface area contributed by atoms with E-state index < -0.39 is 10.0 Å². The van der Waals surface area contributed by atoms with Crippen LogP contribution in [0.3, 0.4) is 0 Å². The topological polar surface area (TPSA) is 102 Å². The van der Waals surface area contributed by atoms with Crippen LogP contribution in [0.15, 0.2) is 35.2 Å². The molecule has 0 fully saturated rings. The number of hydrogen-bond acceptors (Lipinski definition) is 7. The summed E-state index contributed by atoms with van der Waals surface area (Å²) in [7, 11) is -0.910. The monoisotopic (exact) mass is 366 g/mol. The van der Waals surface area contributed by atoms with Gasteiger partial charge in [-0.05, 0) is 45.0 Å². The summed E-state index contributed by atoms with van der Waals surface area (Å²) in [5.74, 6) is 1.44. The van der Waals surface area contributed by atoms with Crippen LogP contribution < -0.4 is 19.5 Å². The smallest absolute Gasteiger partial charge is 0.263 e. The summed E-state index contributed by atoms with van der Waals surface area (Å²) in [6.45, 7) is 5.97. The van der Waals surface area contributed by atoms with E-state index in [1.54, 1.807) is 12.1 Å². The highest BCUT2D eigenvalue weighted by Gasteiger charge is 2.18. The first-order valence-electron chi connectivity index (χ1n) is 7.51. The number of benzene rings is 1. The molecule has 2 rings (SSSR count). The van der Waals surface area contributed by atoms with E-state index in [4.69, 9.17) is 9.47 Å². The molecule has 8 nitrogen and oxygen atoms in total. The average Bonchev–Trinajstić information content (AvgIpc) is 2.54. The first-order chi connectivity index (χ1) is 11.6. The lowest BCUT2D eigenvalue weighted by Gasteiger charge is -2.20. The summed E-state index contributed by atoms with van der Waals surface area (Å²) in [5.41, 5.74) is -0.171. The number of aromatic nitrogens is 2. The largest absolute Gasteiger partial charge is 0.493 e. The van der Waals surface area contributed by atoms with Crippen LogP contribution in [-0.4, -0.2) is 38.4 Å². The zero-order valence-corrected chi connectivity index (χ0v) is 15.6. The fourth-order valence-corrected chi connectivity index (χ4v) is 3.03. The van der Waals surface area contributed by atoms with E-state index >= 15 is 0 Å². The fraction of sp³-hybridized carbons (Fsp3) is 0.375. The van der Waals surface area contributed by atoms with Crippen LogP contribution in [0.4, 0.5) is 11.6 Å². The van der Waals surface area contributed by atoms with Crippen molar-refractivity contribution in [3.05, 3.63) is 30.3 Å². The second-order valence-corrected chi connectivity index (χ2v) is 7.98. The van der Waals surface area contributed by atoms with Crippen molar-refractivity contribution in [2.45, 2.75) is 31.2 Å². The molecule has 0 amide bonds. The zero-order valence-electron chi connectivity index (χ0n) is 14.8. The Balaban J connectivity index is 2.21. The number of methoxy groups -OCH3 is 2. The molecule has 0 aliphatic carbocycles. The molecule has 1 heterocycles. The standard InChI is InChI=1S/C16H22N4O4S/c1-16(2,3)17-14-8-9-15(19-18-14)20-25(21,22)11-6-7-12(23-4)13(10-11)24-5/h6-10H,1-5H3,(H,17,18)(H,19,20). The summed E-state index contributed by atoms with van der Waals surface area (Å²) in [4.78, 5) is 0.0313. The fourth-order valence-electron chi connectivity index (χ4n) is 2.02. The molecule has 0 atom stereocenters. The van der Waals surface area contributed by atoms with Gasteiger partial charge in [-0.2, -0.15) is 0 Å². The molecule has 0 spiro atoms. The molecule has 0 aliphatic rings. The van der Waals surface area contributed by atoms with E-state index in [0.29, 0.717) is 17.3 Å². The highest BCUT2D eigenvalue weighted by atomic mass is 32.2. The summed E-state index contributed by atoms with van der Waals surface area (Å²) in [6, 6.07) is 7.52. The summed E-state index contributed by atoms with van der Waals surface area (Å²) in [6.07, 6.45) is 0. The van der Waals surface area contributed by atoms with Gasteiger partial charge >= 0.3 is 0 Å². The number of hydrogen-bond donors (Lipinski definition) is 2. The second kappa shape index (κ2) is 7.14. The van der Waals surface area contributed by atoms with E-state index in [-0.39, 0.29) is 16.3 Å². The maximum absolute atomic E-state index is 12.5. The molecule has 0 saturated carbocycles. The molecule has 2 aromatic rings. The van der Waals surface area contributed by atoms with Crippen molar-refractivity contribution >= 4 is 21.7 Å². The lowest BCUT2D eigenvalue weighted by atomic mass is 10.1. The minimum atomic E-state index is -3.83. The lowest BCUT2D eigenvalue weighted by molar-refractivity contribution is 0.354. The Bertz CT molecular complexity index is 830. The van der Waals surface area contributed by atoms with Crippen molar-refractivity contribution in [2.24, 2.45) is 0 Å². The number of sulfonamides is 1. The first-order valence-corrected chi connectivity index (χ1v) is 9.00. The molecule has 1 aromatic heterocycles. The molecule has 2 N–H and O–H groups in total. The predicted octanol–water partition coefficient (Wildman–Crippen LogP) is 2.51. The van der Waals surface area contributed by atoms with Gasteiger partial charge in [-0.1, -0.05) is 0 Å². The first kappa shape index (κ1) is 18.8. The quantitative estimate of drug-likeness (QED) is 0.810. The predicted molar refractivity (Wildman–Crippen MR) is 95.8 cm³/mol. The molecule has 1 aromatic carbocycles. The zero-order chi connectivity index (χ0) is 18.7. The molecule has 0 saturated heterocycles. The number of ether oxygens (including phenoxy) is 2. The van der Waals surface area contributed by atoms with E-state index in [9.17, 15) is 8.42 Å². The summed E-state index contributed by atoms with van der Waals surface area (Å²) < 4.78 is 37.6. The minimum absolute atomic E-state index is 0.0313. The van der Waals surface area contributed by atoms with E-state index in [1.165, 1.54) is 32.4 Å². The van der Waals surface area contributed by atoms with Gasteiger partial charge in [-0.3, -0.25) is 4.72 Å². The van der Waals surface area contributed by atoms with Crippen molar-refractivity contribution in [3.63, 3.8) is 0 Å². The Morgan fingerprint density at radius 2 is 1.52 bits per heavy atom. The number of rotatable bonds is 6. The Morgan fingerprint density at radius 3 is 2.04 bits per heavy atom. The molecular weight excluding hydrogens is 344 g/mol. The van der Waals surface area contributed by atoms with Crippen LogP contribution in [0.1, 0.15) is 20.8 Å². The summed E-state index contributed by atoms with van der Waals surface area (Å²) >= 11 is 0. The molecule has 0 radical (unpaired) electrons. The third-order valence-electron chi connectivity index (χ3n) is 3.07. The van der Waals surface area contributed by atoms with Gasteiger partial charge in [0.1, 0.15) is 5.82 Å². The van der Waals surface area contributed by atoms with Gasteiger partial charge in [-0.15, -0.1) is 10.2 Å². The van der Waals surface area contributed by atoms with Gasteiger partial charge in [0.15, 0.2) is 17.3 Å². The van der Waals surface area contributed by atoms with E-state index in [2.05, 4.69) is 20.2 Å². The maximum Gasteiger partial charge on any atom is 0.263 e.